The number of hydrogen-bond donors (Lipinski definition) is 1. The molecule has 0 aromatic carbocycles. The van der Waals surface area contributed by atoms with Crippen LogP contribution in [0.3, 0.4) is 0 Å². The summed E-state index contributed by atoms with van der Waals surface area (Å²) >= 11 is 0. The van der Waals surface area contributed by atoms with Crippen molar-refractivity contribution >= 4 is 5.95 Å². The van der Waals surface area contributed by atoms with Crippen LogP contribution in [0.2, 0.25) is 0 Å². The average Bonchev–Trinajstić information content (AvgIpc) is 2.46. The van der Waals surface area contributed by atoms with Crippen molar-refractivity contribution in [1.82, 2.24) is 15.0 Å². The Morgan fingerprint density at radius 3 is 2.95 bits per heavy atom. The predicted molar refractivity (Wildman–Crippen MR) is 70.6 cm³/mol. The number of aromatic nitrogens is 3. The Bertz CT molecular complexity index is 562. The maximum atomic E-state index is 13.8. The maximum absolute atomic E-state index is 13.8. The van der Waals surface area contributed by atoms with Crippen LogP contribution in [0.25, 0.3) is 11.3 Å². The van der Waals surface area contributed by atoms with Crippen LogP contribution < -0.4 is 10.1 Å². The molecule has 0 spiro atoms. The van der Waals surface area contributed by atoms with Crippen molar-refractivity contribution in [3.63, 3.8) is 0 Å². The predicted octanol–water partition coefficient (Wildman–Crippen LogP) is 2.51. The second-order valence-electron chi connectivity index (χ2n) is 3.90. The quantitative estimate of drug-likeness (QED) is 0.897. The fourth-order valence-electron chi connectivity index (χ4n) is 1.56. The first-order valence-electron chi connectivity index (χ1n) is 6.01. The Kier molecular flexibility index (Phi) is 4.22. The van der Waals surface area contributed by atoms with Gasteiger partial charge in [0, 0.05) is 24.4 Å². The fourth-order valence-corrected chi connectivity index (χ4v) is 1.56. The van der Waals surface area contributed by atoms with E-state index in [-0.39, 0.29) is 5.69 Å². The molecule has 0 amide bonds. The second-order valence-corrected chi connectivity index (χ2v) is 3.90. The minimum absolute atomic E-state index is 0.231. The van der Waals surface area contributed by atoms with Gasteiger partial charge >= 0.3 is 0 Å². The van der Waals surface area contributed by atoms with E-state index in [9.17, 15) is 4.39 Å². The van der Waals surface area contributed by atoms with Crippen molar-refractivity contribution in [2.75, 3.05) is 19.0 Å². The number of halogens is 1. The lowest BCUT2D eigenvalue weighted by molar-refractivity contribution is 0.398. The number of methoxy groups -OCH3 is 1. The van der Waals surface area contributed by atoms with E-state index in [1.807, 2.05) is 6.92 Å². The van der Waals surface area contributed by atoms with Crippen LogP contribution in [0.15, 0.2) is 24.5 Å². The van der Waals surface area contributed by atoms with Gasteiger partial charge in [0.05, 0.1) is 13.3 Å². The molecule has 0 saturated heterocycles. The third-order valence-electron chi connectivity index (χ3n) is 2.49. The zero-order valence-electron chi connectivity index (χ0n) is 10.9. The summed E-state index contributed by atoms with van der Waals surface area (Å²) in [4.78, 5) is 12.1. The van der Waals surface area contributed by atoms with Gasteiger partial charge in [-0.3, -0.25) is 0 Å². The summed E-state index contributed by atoms with van der Waals surface area (Å²) < 4.78 is 18.8. The standard InChI is InChI=1S/C13H15FN4O/c1-3-5-16-13-17-8-10(14)12(18-13)9-4-6-15-11(7-9)19-2/h4,6-8H,3,5H2,1-2H3,(H,16,17,18). The highest BCUT2D eigenvalue weighted by Crippen LogP contribution is 2.23. The number of nitrogens with zero attached hydrogens (tertiary/aromatic N) is 3. The van der Waals surface area contributed by atoms with Crippen LogP contribution in [-0.2, 0) is 0 Å². The Morgan fingerprint density at radius 1 is 1.37 bits per heavy atom. The minimum atomic E-state index is -0.477. The number of hydrogen-bond acceptors (Lipinski definition) is 5. The lowest BCUT2D eigenvalue weighted by Gasteiger charge is -2.07. The van der Waals surface area contributed by atoms with Crippen LogP contribution in [0.5, 0.6) is 5.88 Å². The van der Waals surface area contributed by atoms with Crippen molar-refractivity contribution in [3.05, 3.63) is 30.3 Å². The first-order chi connectivity index (χ1) is 9.24. The molecular weight excluding hydrogens is 247 g/mol. The number of anilines is 1. The molecule has 2 aromatic heterocycles. The highest BCUT2D eigenvalue weighted by molar-refractivity contribution is 5.61. The molecule has 0 fully saturated rings. The van der Waals surface area contributed by atoms with Gasteiger partial charge in [0.2, 0.25) is 11.8 Å². The molecule has 1 N–H and O–H groups in total. The SMILES string of the molecule is CCCNc1ncc(F)c(-c2ccnc(OC)c2)n1. The lowest BCUT2D eigenvalue weighted by atomic mass is 10.2. The molecule has 0 radical (unpaired) electrons. The zero-order chi connectivity index (χ0) is 13.7. The van der Waals surface area contributed by atoms with Gasteiger partial charge in [-0.25, -0.2) is 19.3 Å². The van der Waals surface area contributed by atoms with Crippen molar-refractivity contribution in [3.8, 4) is 17.1 Å². The normalized spacial score (nSPS) is 10.3. The molecule has 6 heteroatoms. The molecule has 0 bridgehead atoms. The van der Waals surface area contributed by atoms with E-state index in [0.717, 1.165) is 19.2 Å². The molecule has 2 rings (SSSR count). The van der Waals surface area contributed by atoms with Crippen molar-refractivity contribution in [1.29, 1.82) is 0 Å². The highest BCUT2D eigenvalue weighted by atomic mass is 19.1. The van der Waals surface area contributed by atoms with Crippen LogP contribution in [0.4, 0.5) is 10.3 Å². The number of ether oxygens (including phenoxy) is 1. The minimum Gasteiger partial charge on any atom is -0.481 e. The fraction of sp³-hybridized carbons (Fsp3) is 0.308. The Labute approximate surface area is 110 Å². The van der Waals surface area contributed by atoms with Gasteiger partial charge < -0.3 is 10.1 Å². The van der Waals surface area contributed by atoms with Crippen molar-refractivity contribution in [2.45, 2.75) is 13.3 Å². The van der Waals surface area contributed by atoms with Gasteiger partial charge in [-0.15, -0.1) is 0 Å². The maximum Gasteiger partial charge on any atom is 0.223 e. The molecule has 2 heterocycles. The molecule has 19 heavy (non-hydrogen) atoms. The summed E-state index contributed by atoms with van der Waals surface area (Å²) in [6.45, 7) is 2.77. The summed E-state index contributed by atoms with van der Waals surface area (Å²) in [5.74, 6) is 0.350. The van der Waals surface area contributed by atoms with Crippen LogP contribution in [0, 0.1) is 5.82 Å². The van der Waals surface area contributed by atoms with E-state index in [0.29, 0.717) is 17.4 Å². The number of nitrogens with one attached hydrogen (secondary N) is 1. The second kappa shape index (κ2) is 6.08. The lowest BCUT2D eigenvalue weighted by Crippen LogP contribution is -2.05. The smallest absolute Gasteiger partial charge is 0.223 e. The third kappa shape index (κ3) is 3.15. The van der Waals surface area contributed by atoms with Gasteiger partial charge in [-0.1, -0.05) is 6.92 Å². The van der Waals surface area contributed by atoms with Gasteiger partial charge in [0.25, 0.3) is 0 Å². The molecule has 0 aliphatic heterocycles. The van der Waals surface area contributed by atoms with E-state index >= 15 is 0 Å². The summed E-state index contributed by atoms with van der Waals surface area (Å²) in [6.07, 6.45) is 3.65. The monoisotopic (exact) mass is 262 g/mol. The molecule has 0 aliphatic rings. The van der Waals surface area contributed by atoms with E-state index in [2.05, 4.69) is 20.3 Å². The molecule has 2 aromatic rings. The van der Waals surface area contributed by atoms with E-state index in [1.54, 1.807) is 18.3 Å². The molecular formula is C13H15FN4O. The van der Waals surface area contributed by atoms with E-state index in [4.69, 9.17) is 4.74 Å². The van der Waals surface area contributed by atoms with Crippen molar-refractivity contribution in [2.24, 2.45) is 0 Å². The van der Waals surface area contributed by atoms with E-state index in [1.165, 1.54) is 7.11 Å². The summed E-state index contributed by atoms with van der Waals surface area (Å²) in [5.41, 5.74) is 0.834. The summed E-state index contributed by atoms with van der Waals surface area (Å²) in [7, 11) is 1.51. The van der Waals surface area contributed by atoms with Gasteiger partial charge in [-0.05, 0) is 12.5 Å². The summed E-state index contributed by atoms with van der Waals surface area (Å²) in [5, 5.41) is 3.02. The first-order valence-corrected chi connectivity index (χ1v) is 6.01. The molecule has 0 unspecified atom stereocenters. The van der Waals surface area contributed by atoms with Gasteiger partial charge in [-0.2, -0.15) is 0 Å². The van der Waals surface area contributed by atoms with Gasteiger partial charge in [0.15, 0.2) is 5.82 Å². The Hall–Kier alpha value is -2.24. The van der Waals surface area contributed by atoms with Gasteiger partial charge in [0.1, 0.15) is 5.69 Å². The first kappa shape index (κ1) is 13.2. The Balaban J connectivity index is 2.36. The Morgan fingerprint density at radius 2 is 2.21 bits per heavy atom. The van der Waals surface area contributed by atoms with Crippen LogP contribution in [-0.4, -0.2) is 28.6 Å². The van der Waals surface area contributed by atoms with Crippen LogP contribution >= 0.6 is 0 Å². The molecule has 100 valence electrons. The zero-order valence-corrected chi connectivity index (χ0v) is 10.9. The third-order valence-corrected chi connectivity index (χ3v) is 2.49. The molecule has 0 atom stereocenters. The van der Waals surface area contributed by atoms with Crippen molar-refractivity contribution < 1.29 is 9.13 Å². The number of rotatable bonds is 5. The average molecular weight is 262 g/mol. The number of pyridine rings is 1. The molecule has 0 aliphatic carbocycles. The topological polar surface area (TPSA) is 59.9 Å². The molecule has 5 nitrogen and oxygen atoms in total. The molecule has 0 saturated carbocycles. The highest BCUT2D eigenvalue weighted by Gasteiger charge is 2.10. The largest absolute Gasteiger partial charge is 0.481 e. The summed E-state index contributed by atoms with van der Waals surface area (Å²) in [6, 6.07) is 3.31. The van der Waals surface area contributed by atoms with E-state index < -0.39 is 5.82 Å². The van der Waals surface area contributed by atoms with Crippen LogP contribution in [0.1, 0.15) is 13.3 Å².